The minimum absolute atomic E-state index is 0.116. The molecule has 6 heteroatoms. The lowest BCUT2D eigenvalue weighted by atomic mass is 10.3. The topological polar surface area (TPSA) is 70.7 Å². The molecule has 0 aliphatic rings. The molecule has 2 aromatic rings. The predicted molar refractivity (Wildman–Crippen MR) is 61.3 cm³/mol. The normalized spacial score (nSPS) is 12.4. The molecular formula is C10H12N4OS. The van der Waals surface area contributed by atoms with Crippen LogP contribution in [0, 0.1) is 6.92 Å². The van der Waals surface area contributed by atoms with Gasteiger partial charge in [0.05, 0.1) is 17.2 Å². The van der Waals surface area contributed by atoms with Crippen LogP contribution >= 0.6 is 11.3 Å². The first-order valence-electron chi connectivity index (χ1n) is 4.89. The maximum Gasteiger partial charge on any atom is 0.263 e. The molecule has 0 bridgehead atoms. The summed E-state index contributed by atoms with van der Waals surface area (Å²) in [5.41, 5.74) is 0. The second kappa shape index (κ2) is 4.44. The van der Waals surface area contributed by atoms with Gasteiger partial charge in [-0.05, 0) is 13.8 Å². The van der Waals surface area contributed by atoms with Crippen molar-refractivity contribution in [2.75, 3.05) is 0 Å². The van der Waals surface area contributed by atoms with E-state index >= 15 is 0 Å². The van der Waals surface area contributed by atoms with Crippen molar-refractivity contribution >= 4 is 17.2 Å². The highest BCUT2D eigenvalue weighted by Crippen LogP contribution is 2.13. The number of carbonyl (C=O) groups is 1. The highest BCUT2D eigenvalue weighted by molar-refractivity contribution is 7.13. The number of aromatic amines is 1. The second-order valence-corrected chi connectivity index (χ2v) is 4.65. The third-order valence-corrected chi connectivity index (χ3v) is 3.03. The van der Waals surface area contributed by atoms with Gasteiger partial charge in [-0.3, -0.25) is 4.79 Å². The van der Waals surface area contributed by atoms with Gasteiger partial charge in [-0.15, -0.1) is 11.3 Å². The van der Waals surface area contributed by atoms with Crippen LogP contribution in [0.25, 0.3) is 0 Å². The van der Waals surface area contributed by atoms with Crippen molar-refractivity contribution in [2.45, 2.75) is 19.9 Å². The average Bonchev–Trinajstić information content (AvgIpc) is 2.87. The number of nitrogens with one attached hydrogen (secondary N) is 2. The van der Waals surface area contributed by atoms with Gasteiger partial charge in [-0.1, -0.05) is 0 Å². The number of hydrogen-bond acceptors (Lipinski definition) is 4. The number of nitrogens with zero attached hydrogens (tertiary/aromatic N) is 2. The Balaban J connectivity index is 2.03. The summed E-state index contributed by atoms with van der Waals surface area (Å²) in [6.07, 6.45) is 4.98. The molecule has 0 aliphatic carbocycles. The van der Waals surface area contributed by atoms with Crippen LogP contribution in [-0.2, 0) is 0 Å². The number of thiazole rings is 1. The fourth-order valence-electron chi connectivity index (χ4n) is 1.32. The minimum atomic E-state index is -0.134. The molecule has 0 aliphatic heterocycles. The largest absolute Gasteiger partial charge is 0.347 e. The Labute approximate surface area is 96.9 Å². The molecule has 1 amide bonds. The van der Waals surface area contributed by atoms with E-state index in [2.05, 4.69) is 20.3 Å². The van der Waals surface area contributed by atoms with Crippen molar-refractivity contribution in [1.29, 1.82) is 0 Å². The fourth-order valence-corrected chi connectivity index (χ4v) is 2.00. The Morgan fingerprint density at radius 1 is 1.56 bits per heavy atom. The zero-order valence-corrected chi connectivity index (χ0v) is 9.84. The molecule has 0 saturated heterocycles. The molecule has 1 unspecified atom stereocenters. The number of aromatic nitrogens is 3. The van der Waals surface area contributed by atoms with E-state index in [1.807, 2.05) is 13.8 Å². The van der Waals surface area contributed by atoms with Gasteiger partial charge in [0.25, 0.3) is 5.91 Å². The predicted octanol–water partition coefficient (Wildman–Crippen LogP) is 1.67. The quantitative estimate of drug-likeness (QED) is 0.851. The molecule has 16 heavy (non-hydrogen) atoms. The smallest absolute Gasteiger partial charge is 0.263 e. The van der Waals surface area contributed by atoms with Crippen molar-refractivity contribution < 1.29 is 4.79 Å². The van der Waals surface area contributed by atoms with Gasteiger partial charge in [-0.2, -0.15) is 0 Å². The lowest BCUT2D eigenvalue weighted by Gasteiger charge is -2.09. The zero-order chi connectivity index (χ0) is 11.5. The summed E-state index contributed by atoms with van der Waals surface area (Å²) in [7, 11) is 0. The Hall–Kier alpha value is -1.69. The number of H-pyrrole nitrogens is 1. The summed E-state index contributed by atoms with van der Waals surface area (Å²) >= 11 is 1.38. The van der Waals surface area contributed by atoms with E-state index in [4.69, 9.17) is 0 Å². The highest BCUT2D eigenvalue weighted by atomic mass is 32.1. The fraction of sp³-hybridized carbons (Fsp3) is 0.300. The summed E-state index contributed by atoms with van der Waals surface area (Å²) < 4.78 is 0. The van der Waals surface area contributed by atoms with Crippen molar-refractivity contribution in [3.8, 4) is 0 Å². The van der Waals surface area contributed by atoms with Gasteiger partial charge >= 0.3 is 0 Å². The monoisotopic (exact) mass is 236 g/mol. The Morgan fingerprint density at radius 3 is 2.94 bits per heavy atom. The number of hydrogen-bond donors (Lipinski definition) is 2. The maximum atomic E-state index is 11.8. The van der Waals surface area contributed by atoms with Crippen LogP contribution < -0.4 is 5.32 Å². The maximum absolute atomic E-state index is 11.8. The van der Waals surface area contributed by atoms with E-state index in [1.54, 1.807) is 18.6 Å². The lowest BCUT2D eigenvalue weighted by Crippen LogP contribution is -2.26. The van der Waals surface area contributed by atoms with Gasteiger partial charge in [0.2, 0.25) is 0 Å². The molecule has 2 aromatic heterocycles. The molecule has 0 radical (unpaired) electrons. The standard InChI is InChI=1S/C10H12N4OS/c1-6(9-11-3-4-12-9)14-10(15)8-5-13-7(2)16-8/h3-6H,1-2H3,(H,11,12)(H,14,15). The Morgan fingerprint density at radius 2 is 2.38 bits per heavy atom. The molecule has 1 atom stereocenters. The first-order chi connectivity index (χ1) is 7.66. The van der Waals surface area contributed by atoms with Crippen LogP contribution in [0.5, 0.6) is 0 Å². The van der Waals surface area contributed by atoms with Gasteiger partial charge in [-0.25, -0.2) is 9.97 Å². The van der Waals surface area contributed by atoms with Gasteiger partial charge in [0, 0.05) is 12.4 Å². The summed E-state index contributed by atoms with van der Waals surface area (Å²) in [5.74, 6) is 0.629. The molecule has 0 fully saturated rings. The molecule has 0 saturated carbocycles. The van der Waals surface area contributed by atoms with E-state index in [-0.39, 0.29) is 11.9 Å². The number of aryl methyl sites for hydroxylation is 1. The van der Waals surface area contributed by atoms with Crippen LogP contribution in [0.15, 0.2) is 18.6 Å². The molecule has 2 rings (SSSR count). The third kappa shape index (κ3) is 2.27. The van der Waals surface area contributed by atoms with Gasteiger partial charge in [0.15, 0.2) is 0 Å². The van der Waals surface area contributed by atoms with E-state index < -0.39 is 0 Å². The molecular weight excluding hydrogens is 224 g/mol. The van der Waals surface area contributed by atoms with E-state index in [0.29, 0.717) is 4.88 Å². The summed E-state index contributed by atoms with van der Waals surface area (Å²) in [6.45, 7) is 3.75. The van der Waals surface area contributed by atoms with Crippen LogP contribution in [0.2, 0.25) is 0 Å². The zero-order valence-electron chi connectivity index (χ0n) is 9.02. The third-order valence-electron chi connectivity index (χ3n) is 2.12. The number of rotatable bonds is 3. The van der Waals surface area contributed by atoms with E-state index in [0.717, 1.165) is 10.8 Å². The van der Waals surface area contributed by atoms with Crippen LogP contribution in [0.1, 0.15) is 33.5 Å². The van der Waals surface area contributed by atoms with Gasteiger partial charge < -0.3 is 10.3 Å². The number of carbonyl (C=O) groups excluding carboxylic acids is 1. The number of amides is 1. The average molecular weight is 236 g/mol. The van der Waals surface area contributed by atoms with Gasteiger partial charge in [0.1, 0.15) is 10.7 Å². The van der Waals surface area contributed by atoms with Crippen LogP contribution in [0.4, 0.5) is 0 Å². The van der Waals surface area contributed by atoms with Crippen molar-refractivity contribution in [1.82, 2.24) is 20.3 Å². The Kier molecular flexibility index (Phi) is 3.00. The molecule has 0 spiro atoms. The highest BCUT2D eigenvalue weighted by Gasteiger charge is 2.14. The molecule has 84 valence electrons. The van der Waals surface area contributed by atoms with Crippen LogP contribution in [-0.4, -0.2) is 20.9 Å². The Bertz CT molecular complexity index is 477. The summed E-state index contributed by atoms with van der Waals surface area (Å²) in [5, 5.41) is 3.73. The molecule has 5 nitrogen and oxygen atoms in total. The molecule has 0 aromatic carbocycles. The first-order valence-corrected chi connectivity index (χ1v) is 5.71. The number of imidazole rings is 1. The molecule has 2 N–H and O–H groups in total. The van der Waals surface area contributed by atoms with E-state index in [1.165, 1.54) is 11.3 Å². The summed E-state index contributed by atoms with van der Waals surface area (Å²) in [4.78, 5) is 23.5. The van der Waals surface area contributed by atoms with Crippen molar-refractivity contribution in [3.05, 3.63) is 34.3 Å². The lowest BCUT2D eigenvalue weighted by molar-refractivity contribution is 0.0942. The first kappa shape index (κ1) is 10.8. The summed E-state index contributed by atoms with van der Waals surface area (Å²) in [6, 6.07) is -0.134. The second-order valence-electron chi connectivity index (χ2n) is 3.41. The van der Waals surface area contributed by atoms with E-state index in [9.17, 15) is 4.79 Å². The van der Waals surface area contributed by atoms with Crippen LogP contribution in [0.3, 0.4) is 0 Å². The van der Waals surface area contributed by atoms with Crippen molar-refractivity contribution in [2.24, 2.45) is 0 Å². The SMILES string of the molecule is Cc1ncc(C(=O)NC(C)c2ncc[nH]2)s1. The van der Waals surface area contributed by atoms with Crippen molar-refractivity contribution in [3.63, 3.8) is 0 Å². The minimum Gasteiger partial charge on any atom is -0.347 e. The molecule has 2 heterocycles.